The van der Waals surface area contributed by atoms with Gasteiger partial charge in [0.05, 0.1) is 18.6 Å². The Morgan fingerprint density at radius 2 is 2.15 bits per heavy atom. The first-order valence-electron chi connectivity index (χ1n) is 6.28. The zero-order valence-electron chi connectivity index (χ0n) is 10.9. The van der Waals surface area contributed by atoms with E-state index in [0.717, 1.165) is 11.5 Å². The first-order chi connectivity index (χ1) is 9.79. The highest BCUT2D eigenvalue weighted by Crippen LogP contribution is 2.20. The maximum absolute atomic E-state index is 13.9. The van der Waals surface area contributed by atoms with Gasteiger partial charge < -0.3 is 9.52 Å². The fourth-order valence-electron chi connectivity index (χ4n) is 1.62. The van der Waals surface area contributed by atoms with E-state index in [9.17, 15) is 4.39 Å². The molecule has 2 rings (SSSR count). The molecule has 1 aromatic heterocycles. The average molecular weight is 290 g/mol. The summed E-state index contributed by atoms with van der Waals surface area (Å²) in [6, 6.07) is 8.75. The van der Waals surface area contributed by atoms with Gasteiger partial charge in [0.25, 0.3) is 0 Å². The highest BCUT2D eigenvalue weighted by molar-refractivity contribution is 7.97. The van der Waals surface area contributed by atoms with Crippen molar-refractivity contribution in [3.05, 3.63) is 59.3 Å². The van der Waals surface area contributed by atoms with Gasteiger partial charge in [0.2, 0.25) is 0 Å². The van der Waals surface area contributed by atoms with Gasteiger partial charge in [0.15, 0.2) is 0 Å². The van der Waals surface area contributed by atoms with Crippen LogP contribution in [0.15, 0.2) is 41.0 Å². The maximum atomic E-state index is 13.9. The summed E-state index contributed by atoms with van der Waals surface area (Å²) in [7, 11) is 0. The fraction of sp³-hybridized carbons (Fsp3) is 0.250. The number of aliphatic hydroxyl groups excluding tert-OH is 1. The van der Waals surface area contributed by atoms with Gasteiger partial charge in [-0.3, -0.25) is 0 Å². The molecule has 20 heavy (non-hydrogen) atoms. The molecule has 104 valence electrons. The largest absolute Gasteiger partial charge is 0.468 e. The van der Waals surface area contributed by atoms with Crippen molar-refractivity contribution in [2.45, 2.75) is 17.9 Å². The third-order valence-electron chi connectivity index (χ3n) is 2.60. The standard InChI is InChI=1S/C16H15FO2S/c17-16-10-13(4-1-2-8-18)6-7-14(16)11-20-12-15-5-3-9-19-15/h3,5-7,9-10,18H,2,8,11-12H2. The van der Waals surface area contributed by atoms with Crippen molar-refractivity contribution in [2.75, 3.05) is 6.61 Å². The number of halogens is 1. The third-order valence-corrected chi connectivity index (χ3v) is 3.61. The molecule has 0 aliphatic carbocycles. The van der Waals surface area contributed by atoms with Crippen LogP contribution in [-0.2, 0) is 11.5 Å². The summed E-state index contributed by atoms with van der Waals surface area (Å²) in [6.07, 6.45) is 2.04. The summed E-state index contributed by atoms with van der Waals surface area (Å²) >= 11 is 1.60. The van der Waals surface area contributed by atoms with Gasteiger partial charge in [0.1, 0.15) is 11.6 Å². The lowest BCUT2D eigenvalue weighted by atomic mass is 10.1. The van der Waals surface area contributed by atoms with Crippen LogP contribution in [0.25, 0.3) is 0 Å². The topological polar surface area (TPSA) is 33.4 Å². The molecule has 0 amide bonds. The molecule has 1 aromatic carbocycles. The maximum Gasteiger partial charge on any atom is 0.128 e. The van der Waals surface area contributed by atoms with Crippen molar-refractivity contribution >= 4 is 11.8 Å². The summed E-state index contributed by atoms with van der Waals surface area (Å²) in [4.78, 5) is 0. The Balaban J connectivity index is 1.91. The molecule has 0 bridgehead atoms. The lowest BCUT2D eigenvalue weighted by molar-refractivity contribution is 0.305. The molecule has 0 atom stereocenters. The van der Waals surface area contributed by atoms with Crippen molar-refractivity contribution in [1.82, 2.24) is 0 Å². The molecule has 0 aliphatic rings. The number of hydrogen-bond acceptors (Lipinski definition) is 3. The second kappa shape index (κ2) is 7.78. The third kappa shape index (κ3) is 4.44. The Labute approximate surface area is 122 Å². The van der Waals surface area contributed by atoms with E-state index < -0.39 is 0 Å². The van der Waals surface area contributed by atoms with E-state index in [2.05, 4.69) is 11.8 Å². The van der Waals surface area contributed by atoms with E-state index in [1.165, 1.54) is 6.07 Å². The van der Waals surface area contributed by atoms with Crippen LogP contribution in [0.3, 0.4) is 0 Å². The molecule has 0 spiro atoms. The Bertz CT molecular complexity index is 597. The molecule has 2 nitrogen and oxygen atoms in total. The Morgan fingerprint density at radius 3 is 2.85 bits per heavy atom. The van der Waals surface area contributed by atoms with Gasteiger partial charge in [-0.05, 0) is 29.8 Å². The van der Waals surface area contributed by atoms with E-state index in [1.54, 1.807) is 30.2 Å². The smallest absolute Gasteiger partial charge is 0.128 e. The van der Waals surface area contributed by atoms with E-state index in [-0.39, 0.29) is 12.4 Å². The van der Waals surface area contributed by atoms with Gasteiger partial charge in [-0.15, -0.1) is 11.8 Å². The van der Waals surface area contributed by atoms with E-state index in [4.69, 9.17) is 9.52 Å². The van der Waals surface area contributed by atoms with Crippen LogP contribution >= 0.6 is 11.8 Å². The zero-order valence-corrected chi connectivity index (χ0v) is 11.8. The van der Waals surface area contributed by atoms with Crippen molar-refractivity contribution in [1.29, 1.82) is 0 Å². The molecule has 1 heterocycles. The fourth-order valence-corrected chi connectivity index (χ4v) is 2.54. The second-order valence-corrected chi connectivity index (χ2v) is 5.14. The normalized spacial score (nSPS) is 10.1. The molecule has 0 unspecified atom stereocenters. The van der Waals surface area contributed by atoms with Gasteiger partial charge in [-0.2, -0.15) is 0 Å². The highest BCUT2D eigenvalue weighted by atomic mass is 32.2. The molecule has 4 heteroatoms. The molecule has 0 fully saturated rings. The highest BCUT2D eigenvalue weighted by Gasteiger charge is 2.04. The molecule has 2 aromatic rings. The molecular weight excluding hydrogens is 275 g/mol. The lowest BCUT2D eigenvalue weighted by Crippen LogP contribution is -1.90. The van der Waals surface area contributed by atoms with Crippen LogP contribution < -0.4 is 0 Å². The average Bonchev–Trinajstić information content (AvgIpc) is 2.95. The number of benzene rings is 1. The number of hydrogen-bond donors (Lipinski definition) is 1. The predicted octanol–water partition coefficient (Wildman–Crippen LogP) is 3.59. The number of thioether (sulfide) groups is 1. The minimum Gasteiger partial charge on any atom is -0.468 e. The molecule has 0 radical (unpaired) electrons. The molecular formula is C16H15FO2S. The van der Waals surface area contributed by atoms with Crippen molar-refractivity contribution in [2.24, 2.45) is 0 Å². The summed E-state index contributed by atoms with van der Waals surface area (Å²) in [5.74, 6) is 7.56. The van der Waals surface area contributed by atoms with Crippen LogP contribution in [0, 0.1) is 17.7 Å². The van der Waals surface area contributed by atoms with Gasteiger partial charge in [-0.1, -0.05) is 17.9 Å². The van der Waals surface area contributed by atoms with Crippen LogP contribution in [0.2, 0.25) is 0 Å². The zero-order chi connectivity index (χ0) is 14.2. The molecule has 0 saturated carbocycles. The summed E-state index contributed by atoms with van der Waals surface area (Å²) in [5.41, 5.74) is 1.30. The summed E-state index contributed by atoms with van der Waals surface area (Å²) in [6.45, 7) is 0.0248. The van der Waals surface area contributed by atoms with Crippen molar-refractivity contribution in [3.8, 4) is 11.8 Å². The summed E-state index contributed by atoms with van der Waals surface area (Å²) < 4.78 is 19.1. The Kier molecular flexibility index (Phi) is 5.72. The number of furan rings is 1. The lowest BCUT2D eigenvalue weighted by Gasteiger charge is -2.03. The van der Waals surface area contributed by atoms with E-state index in [1.807, 2.05) is 12.1 Å². The predicted molar refractivity (Wildman–Crippen MR) is 78.7 cm³/mol. The SMILES string of the molecule is OCCC#Cc1ccc(CSCc2ccco2)c(F)c1. The van der Waals surface area contributed by atoms with Gasteiger partial charge >= 0.3 is 0 Å². The quantitative estimate of drug-likeness (QED) is 0.854. The molecule has 0 saturated heterocycles. The second-order valence-electron chi connectivity index (χ2n) is 4.15. The molecule has 1 N–H and O–H groups in total. The van der Waals surface area contributed by atoms with Crippen molar-refractivity contribution < 1.29 is 13.9 Å². The number of aliphatic hydroxyl groups is 1. The van der Waals surface area contributed by atoms with E-state index >= 15 is 0 Å². The van der Waals surface area contributed by atoms with Crippen LogP contribution in [0.1, 0.15) is 23.3 Å². The van der Waals surface area contributed by atoms with Crippen LogP contribution in [0.4, 0.5) is 4.39 Å². The first-order valence-corrected chi connectivity index (χ1v) is 7.43. The number of rotatable bonds is 5. The van der Waals surface area contributed by atoms with Crippen LogP contribution in [-0.4, -0.2) is 11.7 Å². The first kappa shape index (κ1) is 14.7. The van der Waals surface area contributed by atoms with Gasteiger partial charge in [0, 0.05) is 17.7 Å². The van der Waals surface area contributed by atoms with Crippen molar-refractivity contribution in [3.63, 3.8) is 0 Å². The monoisotopic (exact) mass is 290 g/mol. The minimum absolute atomic E-state index is 0.0248. The Morgan fingerprint density at radius 1 is 1.25 bits per heavy atom. The van der Waals surface area contributed by atoms with E-state index in [0.29, 0.717) is 23.3 Å². The van der Waals surface area contributed by atoms with Crippen LogP contribution in [0.5, 0.6) is 0 Å². The Hall–Kier alpha value is -1.70. The summed E-state index contributed by atoms with van der Waals surface area (Å²) in [5, 5.41) is 8.63. The molecule has 0 aliphatic heterocycles. The minimum atomic E-state index is -0.243. The van der Waals surface area contributed by atoms with Gasteiger partial charge in [-0.25, -0.2) is 4.39 Å².